The van der Waals surface area contributed by atoms with Gasteiger partial charge in [0, 0.05) is 58.6 Å². The summed E-state index contributed by atoms with van der Waals surface area (Å²) < 4.78 is 21.9. The van der Waals surface area contributed by atoms with E-state index in [-0.39, 0.29) is 5.75 Å². The zero-order valence-electron chi connectivity index (χ0n) is 12.6. The molecule has 1 N–H and O–H groups in total. The maximum atomic E-state index is 11.0. The van der Waals surface area contributed by atoms with E-state index in [2.05, 4.69) is 29.0 Å². The number of nitrogens with one attached hydrogen (secondary N) is 1. The quantitative estimate of drug-likeness (QED) is 0.633. The SMILES string of the molecule is CC(C)CN1CCN(CCNCCS(C)(=O)=O)CC1. The van der Waals surface area contributed by atoms with Crippen molar-refractivity contribution in [3.05, 3.63) is 0 Å². The summed E-state index contributed by atoms with van der Waals surface area (Å²) in [5, 5.41) is 3.20. The van der Waals surface area contributed by atoms with Gasteiger partial charge in [-0.2, -0.15) is 0 Å². The minimum atomic E-state index is -2.83. The highest BCUT2D eigenvalue weighted by atomic mass is 32.2. The molecule has 0 amide bonds. The molecule has 1 aliphatic heterocycles. The van der Waals surface area contributed by atoms with E-state index in [1.54, 1.807) is 0 Å². The Morgan fingerprint density at radius 1 is 1.05 bits per heavy atom. The molecule has 0 radical (unpaired) electrons. The smallest absolute Gasteiger partial charge is 0.148 e. The average molecular weight is 291 g/mol. The predicted octanol–water partition coefficient (Wildman–Crippen LogP) is -0.106. The topological polar surface area (TPSA) is 52.6 Å². The molecule has 5 nitrogen and oxygen atoms in total. The molecular weight excluding hydrogens is 262 g/mol. The lowest BCUT2D eigenvalue weighted by Gasteiger charge is -2.35. The van der Waals surface area contributed by atoms with Crippen LogP contribution in [0.4, 0.5) is 0 Å². The number of nitrogens with zero attached hydrogens (tertiary/aromatic N) is 2. The summed E-state index contributed by atoms with van der Waals surface area (Å²) in [4.78, 5) is 4.97. The van der Waals surface area contributed by atoms with Crippen molar-refractivity contribution in [3.63, 3.8) is 0 Å². The van der Waals surface area contributed by atoms with Crippen molar-refractivity contribution in [3.8, 4) is 0 Å². The van der Waals surface area contributed by atoms with Gasteiger partial charge in [0.15, 0.2) is 0 Å². The van der Waals surface area contributed by atoms with Crippen LogP contribution in [0.1, 0.15) is 13.8 Å². The Balaban J connectivity index is 2.03. The van der Waals surface area contributed by atoms with E-state index in [0.717, 1.165) is 45.2 Å². The number of piperazine rings is 1. The van der Waals surface area contributed by atoms with E-state index in [0.29, 0.717) is 6.54 Å². The zero-order chi connectivity index (χ0) is 14.3. The molecule has 0 aromatic heterocycles. The van der Waals surface area contributed by atoms with Crippen LogP contribution in [0.15, 0.2) is 0 Å². The lowest BCUT2D eigenvalue weighted by atomic mass is 10.2. The summed E-state index contributed by atoms with van der Waals surface area (Å²) in [5.74, 6) is 0.971. The van der Waals surface area contributed by atoms with Crippen molar-refractivity contribution in [1.29, 1.82) is 0 Å². The maximum absolute atomic E-state index is 11.0. The minimum absolute atomic E-state index is 0.231. The van der Waals surface area contributed by atoms with Crippen molar-refractivity contribution < 1.29 is 8.42 Å². The molecule has 0 spiro atoms. The Morgan fingerprint density at radius 3 is 2.16 bits per heavy atom. The number of hydrogen-bond donors (Lipinski definition) is 1. The Labute approximate surface area is 118 Å². The van der Waals surface area contributed by atoms with Crippen LogP contribution in [-0.2, 0) is 9.84 Å². The fourth-order valence-corrected chi connectivity index (χ4v) is 2.85. The molecule has 1 rings (SSSR count). The van der Waals surface area contributed by atoms with E-state index in [9.17, 15) is 8.42 Å². The van der Waals surface area contributed by atoms with Gasteiger partial charge in [0.25, 0.3) is 0 Å². The van der Waals surface area contributed by atoms with Gasteiger partial charge < -0.3 is 10.2 Å². The summed E-state index contributed by atoms with van der Waals surface area (Å²) in [6.07, 6.45) is 1.28. The molecule has 0 saturated carbocycles. The second-order valence-corrected chi connectivity index (χ2v) is 8.18. The summed E-state index contributed by atoms with van der Waals surface area (Å²) in [5.41, 5.74) is 0. The zero-order valence-corrected chi connectivity index (χ0v) is 13.4. The van der Waals surface area contributed by atoms with Crippen LogP contribution in [0.3, 0.4) is 0 Å². The molecule has 19 heavy (non-hydrogen) atoms. The highest BCUT2D eigenvalue weighted by molar-refractivity contribution is 7.90. The van der Waals surface area contributed by atoms with E-state index in [1.165, 1.54) is 12.8 Å². The summed E-state index contributed by atoms with van der Waals surface area (Å²) in [6.45, 7) is 12.7. The maximum Gasteiger partial charge on any atom is 0.148 e. The number of sulfone groups is 1. The highest BCUT2D eigenvalue weighted by Gasteiger charge is 2.16. The van der Waals surface area contributed by atoms with Gasteiger partial charge in [-0.3, -0.25) is 4.90 Å². The molecule has 1 saturated heterocycles. The molecular formula is C13H29N3O2S. The van der Waals surface area contributed by atoms with Gasteiger partial charge in [-0.1, -0.05) is 13.8 Å². The minimum Gasteiger partial charge on any atom is -0.314 e. The lowest BCUT2D eigenvalue weighted by molar-refractivity contribution is 0.123. The molecule has 1 aliphatic rings. The number of hydrogen-bond acceptors (Lipinski definition) is 5. The van der Waals surface area contributed by atoms with Crippen molar-refractivity contribution >= 4 is 9.84 Å². The predicted molar refractivity (Wildman–Crippen MR) is 80.3 cm³/mol. The molecule has 6 heteroatoms. The first-order chi connectivity index (χ1) is 8.87. The Hall–Kier alpha value is -0.170. The van der Waals surface area contributed by atoms with Gasteiger partial charge in [-0.05, 0) is 5.92 Å². The molecule has 1 fully saturated rings. The summed E-state index contributed by atoms with van der Waals surface area (Å²) in [6, 6.07) is 0. The molecule has 0 atom stereocenters. The van der Waals surface area contributed by atoms with E-state index in [1.807, 2.05) is 0 Å². The average Bonchev–Trinajstić information content (AvgIpc) is 2.28. The first-order valence-corrected chi connectivity index (χ1v) is 9.26. The van der Waals surface area contributed by atoms with Gasteiger partial charge in [0.05, 0.1) is 5.75 Å². The van der Waals surface area contributed by atoms with Crippen LogP contribution in [-0.4, -0.2) is 82.6 Å². The monoisotopic (exact) mass is 291 g/mol. The second kappa shape index (κ2) is 8.19. The van der Waals surface area contributed by atoms with E-state index >= 15 is 0 Å². The van der Waals surface area contributed by atoms with E-state index in [4.69, 9.17) is 0 Å². The number of rotatable bonds is 8. The molecule has 114 valence electrons. The first-order valence-electron chi connectivity index (χ1n) is 7.20. The molecule has 0 unspecified atom stereocenters. The van der Waals surface area contributed by atoms with Gasteiger partial charge in [-0.25, -0.2) is 8.42 Å². The standard InChI is InChI=1S/C13H29N3O2S/c1-13(2)12-16-9-7-15(8-10-16)6-4-14-5-11-19(3,17)18/h13-14H,4-12H2,1-3H3. The second-order valence-electron chi connectivity index (χ2n) is 5.92. The van der Waals surface area contributed by atoms with Gasteiger partial charge in [-0.15, -0.1) is 0 Å². The van der Waals surface area contributed by atoms with Crippen molar-refractivity contribution in [2.75, 3.05) is 64.4 Å². The third kappa shape index (κ3) is 8.57. The largest absolute Gasteiger partial charge is 0.314 e. The van der Waals surface area contributed by atoms with Gasteiger partial charge >= 0.3 is 0 Å². The Bertz CT molecular complexity index is 336. The summed E-state index contributed by atoms with van der Waals surface area (Å²) >= 11 is 0. The highest BCUT2D eigenvalue weighted by Crippen LogP contribution is 2.04. The van der Waals surface area contributed by atoms with Crippen LogP contribution in [0.5, 0.6) is 0 Å². The molecule has 0 aromatic carbocycles. The fraction of sp³-hybridized carbons (Fsp3) is 1.00. The Kier molecular flexibility index (Phi) is 7.28. The third-order valence-electron chi connectivity index (χ3n) is 3.34. The normalized spacial score (nSPS) is 19.2. The third-order valence-corrected chi connectivity index (χ3v) is 4.29. The van der Waals surface area contributed by atoms with E-state index < -0.39 is 9.84 Å². The van der Waals surface area contributed by atoms with Crippen molar-refractivity contribution in [2.24, 2.45) is 5.92 Å². The van der Waals surface area contributed by atoms with Crippen LogP contribution in [0.25, 0.3) is 0 Å². The summed E-state index contributed by atoms with van der Waals surface area (Å²) in [7, 11) is -2.83. The van der Waals surface area contributed by atoms with Crippen LogP contribution in [0.2, 0.25) is 0 Å². The van der Waals surface area contributed by atoms with Crippen LogP contribution < -0.4 is 5.32 Å². The van der Waals surface area contributed by atoms with Crippen molar-refractivity contribution in [1.82, 2.24) is 15.1 Å². The molecule has 0 bridgehead atoms. The molecule has 1 heterocycles. The first kappa shape index (κ1) is 16.9. The Morgan fingerprint density at radius 2 is 1.63 bits per heavy atom. The van der Waals surface area contributed by atoms with Gasteiger partial charge in [0.1, 0.15) is 9.84 Å². The molecule has 0 aliphatic carbocycles. The van der Waals surface area contributed by atoms with Crippen LogP contribution >= 0.6 is 0 Å². The fourth-order valence-electron chi connectivity index (χ4n) is 2.33. The van der Waals surface area contributed by atoms with Gasteiger partial charge in [0.2, 0.25) is 0 Å². The molecule has 0 aromatic rings. The lowest BCUT2D eigenvalue weighted by Crippen LogP contribution is -2.49. The van der Waals surface area contributed by atoms with Crippen molar-refractivity contribution in [2.45, 2.75) is 13.8 Å². The van der Waals surface area contributed by atoms with Crippen LogP contribution in [0, 0.1) is 5.92 Å².